The fourth-order valence-electron chi connectivity index (χ4n) is 2.18. The molecule has 0 amide bonds. The molecule has 0 aromatic carbocycles. The number of ether oxygens (including phenoxy) is 1. The van der Waals surface area contributed by atoms with Crippen LogP contribution in [0.5, 0.6) is 0 Å². The van der Waals surface area contributed by atoms with Crippen LogP contribution in [0.4, 0.5) is 5.69 Å². The summed E-state index contributed by atoms with van der Waals surface area (Å²) < 4.78 is 5.26. The molecule has 0 saturated heterocycles. The van der Waals surface area contributed by atoms with E-state index in [1.54, 1.807) is 7.11 Å². The topological polar surface area (TPSA) is 37.4 Å². The molecule has 1 aromatic heterocycles. The normalized spacial score (nSPS) is 13.3. The van der Waals surface area contributed by atoms with E-state index < -0.39 is 0 Å². The van der Waals surface area contributed by atoms with Crippen LogP contribution in [0.25, 0.3) is 0 Å². The van der Waals surface area contributed by atoms with Crippen molar-refractivity contribution < 1.29 is 4.74 Å². The molecule has 0 radical (unpaired) electrons. The van der Waals surface area contributed by atoms with Crippen LogP contribution in [-0.2, 0) is 11.3 Å². The van der Waals surface area contributed by atoms with Gasteiger partial charge < -0.3 is 15.0 Å². The molecule has 20 heavy (non-hydrogen) atoms. The number of nitrogens with zero attached hydrogens (tertiary/aromatic N) is 2. The summed E-state index contributed by atoms with van der Waals surface area (Å²) in [6.07, 6.45) is 1.89. The van der Waals surface area contributed by atoms with E-state index >= 15 is 0 Å². The summed E-state index contributed by atoms with van der Waals surface area (Å²) in [5, 5.41) is 3.47. The molecule has 0 spiro atoms. The number of nitrogens with one attached hydrogen (secondary N) is 1. The van der Waals surface area contributed by atoms with Crippen molar-refractivity contribution in [2.45, 2.75) is 52.7 Å². The third kappa shape index (κ3) is 5.47. The number of aromatic nitrogens is 1. The highest BCUT2D eigenvalue weighted by atomic mass is 16.5. The van der Waals surface area contributed by atoms with Gasteiger partial charge in [-0.2, -0.15) is 0 Å². The van der Waals surface area contributed by atoms with Gasteiger partial charge >= 0.3 is 0 Å². The van der Waals surface area contributed by atoms with Crippen LogP contribution in [0.15, 0.2) is 18.3 Å². The van der Waals surface area contributed by atoms with Crippen molar-refractivity contribution in [1.29, 1.82) is 0 Å². The van der Waals surface area contributed by atoms with Crippen LogP contribution in [0.1, 0.15) is 40.3 Å². The lowest BCUT2D eigenvalue weighted by Gasteiger charge is -2.30. The lowest BCUT2D eigenvalue weighted by atomic mass is 10.1. The molecule has 0 aliphatic heterocycles. The highest BCUT2D eigenvalue weighted by Gasteiger charge is 2.14. The molecule has 0 aliphatic rings. The van der Waals surface area contributed by atoms with E-state index in [1.807, 2.05) is 6.20 Å². The van der Waals surface area contributed by atoms with Crippen LogP contribution in [0, 0.1) is 0 Å². The number of likely N-dealkylation sites (N-methyl/N-ethyl adjacent to an activating group) is 1. The number of methoxy groups -OCH3 is 1. The number of hydrogen-bond donors (Lipinski definition) is 1. The minimum absolute atomic E-state index is 0.103. The van der Waals surface area contributed by atoms with Crippen LogP contribution >= 0.6 is 0 Å². The van der Waals surface area contributed by atoms with E-state index in [2.05, 4.69) is 62.0 Å². The average Bonchev–Trinajstić information content (AvgIpc) is 2.37. The zero-order valence-electron chi connectivity index (χ0n) is 13.7. The van der Waals surface area contributed by atoms with E-state index in [-0.39, 0.29) is 5.54 Å². The van der Waals surface area contributed by atoms with Crippen LogP contribution in [0.3, 0.4) is 0 Å². The fourth-order valence-corrected chi connectivity index (χ4v) is 2.18. The van der Waals surface area contributed by atoms with E-state index in [9.17, 15) is 0 Å². The van der Waals surface area contributed by atoms with E-state index in [1.165, 1.54) is 5.69 Å². The van der Waals surface area contributed by atoms with Crippen molar-refractivity contribution in [1.82, 2.24) is 10.3 Å². The van der Waals surface area contributed by atoms with Gasteiger partial charge in [0.1, 0.15) is 0 Å². The average molecular weight is 279 g/mol. The molecule has 0 aliphatic carbocycles. The number of pyridine rings is 1. The van der Waals surface area contributed by atoms with Crippen molar-refractivity contribution >= 4 is 5.69 Å². The van der Waals surface area contributed by atoms with Crippen molar-refractivity contribution in [3.8, 4) is 0 Å². The van der Waals surface area contributed by atoms with E-state index in [4.69, 9.17) is 4.74 Å². The third-order valence-corrected chi connectivity index (χ3v) is 3.21. The Balaban J connectivity index is 2.79. The highest BCUT2D eigenvalue weighted by Crippen LogP contribution is 2.18. The van der Waals surface area contributed by atoms with Gasteiger partial charge in [-0.1, -0.05) is 0 Å². The molecular formula is C16H29N3O. The maximum atomic E-state index is 5.26. The summed E-state index contributed by atoms with van der Waals surface area (Å²) in [6, 6.07) is 4.58. The first kappa shape index (κ1) is 16.9. The first-order chi connectivity index (χ1) is 9.37. The van der Waals surface area contributed by atoms with E-state index in [0.717, 1.165) is 25.4 Å². The van der Waals surface area contributed by atoms with Crippen molar-refractivity contribution in [2.75, 3.05) is 25.2 Å². The molecule has 4 nitrogen and oxygen atoms in total. The third-order valence-electron chi connectivity index (χ3n) is 3.21. The first-order valence-corrected chi connectivity index (χ1v) is 7.33. The van der Waals surface area contributed by atoms with Crippen LogP contribution in [0.2, 0.25) is 0 Å². The Labute approximate surface area is 123 Å². The molecule has 4 heteroatoms. The predicted molar refractivity (Wildman–Crippen MR) is 85.2 cm³/mol. The predicted octanol–water partition coefficient (Wildman–Crippen LogP) is 2.83. The zero-order chi connectivity index (χ0) is 15.2. The standard InChI is InChI=1S/C16H29N3O/c1-7-19(13(2)12-20-6)15-8-9-17-14(10-15)11-18-16(3,4)5/h8-10,13,18H,7,11-12H2,1-6H3. The van der Waals surface area contributed by atoms with Gasteiger partial charge in [0.25, 0.3) is 0 Å². The van der Waals surface area contributed by atoms with E-state index in [0.29, 0.717) is 6.04 Å². The Bertz CT molecular complexity index is 401. The Morgan fingerprint density at radius 3 is 2.65 bits per heavy atom. The van der Waals surface area contributed by atoms with Crippen LogP contribution < -0.4 is 10.2 Å². The second kappa shape index (κ2) is 7.60. The van der Waals surface area contributed by atoms with Gasteiger partial charge in [-0.25, -0.2) is 0 Å². The number of rotatable bonds is 7. The summed E-state index contributed by atoms with van der Waals surface area (Å²) >= 11 is 0. The Kier molecular flexibility index (Phi) is 6.43. The minimum Gasteiger partial charge on any atom is -0.383 e. The fraction of sp³-hybridized carbons (Fsp3) is 0.688. The molecule has 0 saturated carbocycles. The largest absolute Gasteiger partial charge is 0.383 e. The molecule has 1 N–H and O–H groups in total. The second-order valence-corrected chi connectivity index (χ2v) is 6.20. The first-order valence-electron chi connectivity index (χ1n) is 7.33. The molecule has 114 valence electrons. The SMILES string of the molecule is CCN(c1ccnc(CNC(C)(C)C)c1)C(C)COC. The molecule has 1 heterocycles. The maximum absolute atomic E-state index is 5.26. The molecular weight excluding hydrogens is 250 g/mol. The van der Waals surface area contributed by atoms with Gasteiger partial charge in [-0.15, -0.1) is 0 Å². The van der Waals surface area contributed by atoms with Crippen LogP contribution in [-0.4, -0.2) is 36.8 Å². The highest BCUT2D eigenvalue weighted by molar-refractivity contribution is 5.47. The molecule has 1 unspecified atom stereocenters. The second-order valence-electron chi connectivity index (χ2n) is 6.20. The lowest BCUT2D eigenvalue weighted by molar-refractivity contribution is 0.182. The Morgan fingerprint density at radius 2 is 2.10 bits per heavy atom. The van der Waals surface area contributed by atoms with Gasteiger partial charge in [-0.05, 0) is 46.8 Å². The number of hydrogen-bond acceptors (Lipinski definition) is 4. The summed E-state index contributed by atoms with van der Waals surface area (Å²) in [6.45, 7) is 13.3. The smallest absolute Gasteiger partial charge is 0.0663 e. The van der Waals surface area contributed by atoms with Gasteiger partial charge in [0.2, 0.25) is 0 Å². The summed E-state index contributed by atoms with van der Waals surface area (Å²) in [5.74, 6) is 0. The summed E-state index contributed by atoms with van der Waals surface area (Å²) in [5.41, 5.74) is 2.38. The lowest BCUT2D eigenvalue weighted by Crippen LogP contribution is -2.37. The zero-order valence-corrected chi connectivity index (χ0v) is 13.7. The molecule has 0 bridgehead atoms. The molecule has 0 fully saturated rings. The van der Waals surface area contributed by atoms with Gasteiger partial charge in [0, 0.05) is 43.7 Å². The molecule has 1 aromatic rings. The summed E-state index contributed by atoms with van der Waals surface area (Å²) in [7, 11) is 1.75. The monoisotopic (exact) mass is 279 g/mol. The van der Waals surface area contributed by atoms with Crippen molar-refractivity contribution in [2.24, 2.45) is 0 Å². The quantitative estimate of drug-likeness (QED) is 0.833. The summed E-state index contributed by atoms with van der Waals surface area (Å²) in [4.78, 5) is 6.78. The van der Waals surface area contributed by atoms with Gasteiger partial charge in [0.05, 0.1) is 12.3 Å². The number of anilines is 1. The van der Waals surface area contributed by atoms with Gasteiger partial charge in [-0.3, -0.25) is 4.98 Å². The molecule has 1 atom stereocenters. The van der Waals surface area contributed by atoms with Gasteiger partial charge in [0.15, 0.2) is 0 Å². The molecule has 1 rings (SSSR count). The van der Waals surface area contributed by atoms with Crippen molar-refractivity contribution in [3.63, 3.8) is 0 Å². The Hall–Kier alpha value is -1.13. The Morgan fingerprint density at radius 1 is 1.40 bits per heavy atom. The minimum atomic E-state index is 0.103. The maximum Gasteiger partial charge on any atom is 0.0663 e. The van der Waals surface area contributed by atoms with Crippen molar-refractivity contribution in [3.05, 3.63) is 24.0 Å².